The van der Waals surface area contributed by atoms with E-state index in [-0.39, 0.29) is 11.9 Å². The van der Waals surface area contributed by atoms with Crippen molar-refractivity contribution in [1.29, 1.82) is 0 Å². The third-order valence-corrected chi connectivity index (χ3v) is 5.37. The predicted molar refractivity (Wildman–Crippen MR) is 117 cm³/mol. The zero-order valence-electron chi connectivity index (χ0n) is 17.2. The SMILES string of the molecule is CCC(=O)NC(C)c1nc2ccccc2n1CCCCOc1ccc(Cl)c(C)c1. The average molecular weight is 414 g/mol. The molecule has 1 N–H and O–H groups in total. The molecule has 0 aliphatic heterocycles. The summed E-state index contributed by atoms with van der Waals surface area (Å²) in [4.78, 5) is 16.6. The summed E-state index contributed by atoms with van der Waals surface area (Å²) in [6, 6.07) is 13.7. The first-order valence-corrected chi connectivity index (χ1v) is 10.5. The number of fused-ring (bicyclic) bond motifs is 1. The lowest BCUT2D eigenvalue weighted by molar-refractivity contribution is -0.121. The van der Waals surface area contributed by atoms with Crippen LogP contribution in [0.1, 0.15) is 50.5 Å². The second kappa shape index (κ2) is 9.79. The number of imidazole rings is 1. The molecule has 5 nitrogen and oxygen atoms in total. The Morgan fingerprint density at radius 3 is 2.79 bits per heavy atom. The smallest absolute Gasteiger partial charge is 0.220 e. The van der Waals surface area contributed by atoms with Crippen molar-refractivity contribution in [2.75, 3.05) is 6.61 Å². The molecule has 1 atom stereocenters. The van der Waals surface area contributed by atoms with Gasteiger partial charge in [0.15, 0.2) is 0 Å². The lowest BCUT2D eigenvalue weighted by Gasteiger charge is -2.16. The molecule has 0 radical (unpaired) electrons. The summed E-state index contributed by atoms with van der Waals surface area (Å²) in [7, 11) is 0. The van der Waals surface area contributed by atoms with Crippen molar-refractivity contribution in [3.05, 3.63) is 58.9 Å². The molecule has 0 saturated heterocycles. The highest BCUT2D eigenvalue weighted by atomic mass is 35.5. The third-order valence-electron chi connectivity index (χ3n) is 4.94. The number of aryl methyl sites for hydroxylation is 2. The summed E-state index contributed by atoms with van der Waals surface area (Å²) in [5, 5.41) is 3.77. The van der Waals surface area contributed by atoms with Gasteiger partial charge in [0, 0.05) is 18.0 Å². The molecule has 0 aliphatic carbocycles. The first-order valence-electron chi connectivity index (χ1n) is 10.1. The van der Waals surface area contributed by atoms with Gasteiger partial charge in [-0.1, -0.05) is 30.7 Å². The summed E-state index contributed by atoms with van der Waals surface area (Å²) < 4.78 is 8.06. The van der Waals surface area contributed by atoms with Gasteiger partial charge in [0.05, 0.1) is 23.7 Å². The van der Waals surface area contributed by atoms with E-state index >= 15 is 0 Å². The van der Waals surface area contributed by atoms with Crippen LogP contribution < -0.4 is 10.1 Å². The Kier molecular flexibility index (Phi) is 7.15. The Bertz CT molecular complexity index is 983. The number of nitrogens with one attached hydrogen (secondary N) is 1. The lowest BCUT2D eigenvalue weighted by Crippen LogP contribution is -2.28. The molecular weight excluding hydrogens is 386 g/mol. The van der Waals surface area contributed by atoms with Gasteiger partial charge in [0.25, 0.3) is 0 Å². The van der Waals surface area contributed by atoms with E-state index in [2.05, 4.69) is 16.0 Å². The molecule has 0 aliphatic rings. The molecule has 0 fully saturated rings. The monoisotopic (exact) mass is 413 g/mol. The van der Waals surface area contributed by atoms with E-state index in [9.17, 15) is 4.79 Å². The van der Waals surface area contributed by atoms with E-state index in [0.29, 0.717) is 13.0 Å². The van der Waals surface area contributed by atoms with Crippen molar-refractivity contribution >= 4 is 28.5 Å². The summed E-state index contributed by atoms with van der Waals surface area (Å²) in [5.74, 6) is 1.77. The van der Waals surface area contributed by atoms with Crippen LogP contribution >= 0.6 is 11.6 Å². The standard InChI is InChI=1S/C23H28ClN3O2/c1-4-22(28)25-17(3)23-26-20-9-5-6-10-21(20)27(23)13-7-8-14-29-18-11-12-19(24)16(2)15-18/h5-6,9-12,15,17H,4,7-8,13-14H2,1-3H3,(H,25,28). The Hall–Kier alpha value is -2.53. The molecule has 29 heavy (non-hydrogen) atoms. The number of carbonyl (C=O) groups is 1. The fourth-order valence-electron chi connectivity index (χ4n) is 3.34. The molecule has 1 amide bonds. The van der Waals surface area contributed by atoms with E-state index < -0.39 is 0 Å². The van der Waals surface area contributed by atoms with Gasteiger partial charge in [-0.25, -0.2) is 4.98 Å². The van der Waals surface area contributed by atoms with E-state index in [1.165, 1.54) is 0 Å². The van der Waals surface area contributed by atoms with Crippen LogP contribution in [-0.2, 0) is 11.3 Å². The van der Waals surface area contributed by atoms with Crippen LogP contribution in [0.2, 0.25) is 5.02 Å². The summed E-state index contributed by atoms with van der Waals surface area (Å²) in [5.41, 5.74) is 3.06. The predicted octanol–water partition coefficient (Wildman–Crippen LogP) is 5.44. The van der Waals surface area contributed by atoms with Crippen molar-refractivity contribution < 1.29 is 9.53 Å². The Balaban J connectivity index is 1.63. The largest absolute Gasteiger partial charge is 0.494 e. The van der Waals surface area contributed by atoms with Crippen LogP contribution in [0, 0.1) is 6.92 Å². The molecule has 3 rings (SSSR count). The maximum atomic E-state index is 11.8. The van der Waals surface area contributed by atoms with Crippen LogP contribution in [0.15, 0.2) is 42.5 Å². The third kappa shape index (κ3) is 5.30. The van der Waals surface area contributed by atoms with Gasteiger partial charge in [-0.3, -0.25) is 4.79 Å². The molecule has 6 heteroatoms. The fourth-order valence-corrected chi connectivity index (χ4v) is 3.45. The molecule has 0 spiro atoms. The number of unbranched alkanes of at least 4 members (excludes halogenated alkanes) is 1. The van der Waals surface area contributed by atoms with E-state index in [1.54, 1.807) is 0 Å². The summed E-state index contributed by atoms with van der Waals surface area (Å²) in [6.07, 6.45) is 2.34. The molecule has 1 aromatic heterocycles. The first-order chi connectivity index (χ1) is 14.0. The van der Waals surface area contributed by atoms with E-state index in [1.807, 2.05) is 57.2 Å². The molecule has 2 aromatic carbocycles. The zero-order valence-corrected chi connectivity index (χ0v) is 18.0. The van der Waals surface area contributed by atoms with Gasteiger partial charge in [-0.15, -0.1) is 0 Å². The number of benzene rings is 2. The minimum Gasteiger partial charge on any atom is -0.494 e. The zero-order chi connectivity index (χ0) is 20.8. The minimum absolute atomic E-state index is 0.0303. The van der Waals surface area contributed by atoms with Crippen molar-refractivity contribution in [1.82, 2.24) is 14.9 Å². The van der Waals surface area contributed by atoms with Crippen LogP contribution in [0.5, 0.6) is 5.75 Å². The summed E-state index contributed by atoms with van der Waals surface area (Å²) in [6.45, 7) is 7.28. The fraction of sp³-hybridized carbons (Fsp3) is 0.391. The highest BCUT2D eigenvalue weighted by molar-refractivity contribution is 6.31. The van der Waals surface area contributed by atoms with Gasteiger partial charge in [-0.2, -0.15) is 0 Å². The topological polar surface area (TPSA) is 56.2 Å². The highest BCUT2D eigenvalue weighted by Crippen LogP contribution is 2.23. The molecule has 3 aromatic rings. The van der Waals surface area contributed by atoms with Crippen LogP contribution in [0.4, 0.5) is 0 Å². The number of para-hydroxylation sites is 2. The van der Waals surface area contributed by atoms with Gasteiger partial charge in [-0.05, 0) is 62.6 Å². The number of ether oxygens (including phenoxy) is 1. The van der Waals surface area contributed by atoms with Crippen LogP contribution in [-0.4, -0.2) is 22.1 Å². The first kappa shape index (κ1) is 21.2. The summed E-state index contributed by atoms with van der Waals surface area (Å²) >= 11 is 6.06. The number of nitrogens with zero attached hydrogens (tertiary/aromatic N) is 2. The maximum Gasteiger partial charge on any atom is 0.220 e. The molecule has 154 valence electrons. The number of hydrogen-bond acceptors (Lipinski definition) is 3. The van der Waals surface area contributed by atoms with E-state index in [4.69, 9.17) is 21.3 Å². The van der Waals surface area contributed by atoms with Gasteiger partial charge >= 0.3 is 0 Å². The molecule has 1 unspecified atom stereocenters. The average Bonchev–Trinajstić information content (AvgIpc) is 3.09. The van der Waals surface area contributed by atoms with Gasteiger partial charge in [0.2, 0.25) is 5.91 Å². The van der Waals surface area contributed by atoms with Gasteiger partial charge in [0.1, 0.15) is 11.6 Å². The highest BCUT2D eigenvalue weighted by Gasteiger charge is 2.17. The molecular formula is C23H28ClN3O2. The van der Waals surface area contributed by atoms with Crippen LogP contribution in [0.3, 0.4) is 0 Å². The van der Waals surface area contributed by atoms with Gasteiger partial charge < -0.3 is 14.6 Å². The molecule has 0 bridgehead atoms. The normalized spacial score (nSPS) is 12.1. The quantitative estimate of drug-likeness (QED) is 0.475. The number of rotatable bonds is 9. The number of aromatic nitrogens is 2. The Morgan fingerprint density at radius 1 is 1.24 bits per heavy atom. The maximum absolute atomic E-state index is 11.8. The number of amides is 1. The van der Waals surface area contributed by atoms with Crippen molar-refractivity contribution in [2.45, 2.75) is 52.6 Å². The number of halogens is 1. The minimum atomic E-state index is -0.136. The molecule has 0 saturated carbocycles. The lowest BCUT2D eigenvalue weighted by atomic mass is 10.2. The van der Waals surface area contributed by atoms with Crippen molar-refractivity contribution in [3.8, 4) is 5.75 Å². The van der Waals surface area contributed by atoms with E-state index in [0.717, 1.165) is 52.6 Å². The number of hydrogen-bond donors (Lipinski definition) is 1. The second-order valence-electron chi connectivity index (χ2n) is 7.22. The number of carbonyl (C=O) groups excluding carboxylic acids is 1. The second-order valence-corrected chi connectivity index (χ2v) is 7.63. The van der Waals surface area contributed by atoms with Crippen LogP contribution in [0.25, 0.3) is 11.0 Å². The van der Waals surface area contributed by atoms with Crippen molar-refractivity contribution in [3.63, 3.8) is 0 Å². The Morgan fingerprint density at radius 2 is 2.03 bits per heavy atom. The van der Waals surface area contributed by atoms with Crippen molar-refractivity contribution in [2.24, 2.45) is 0 Å². The molecule has 1 heterocycles. The Labute approximate surface area is 177 Å².